The first-order chi connectivity index (χ1) is 12.1. The first kappa shape index (κ1) is 19.0. The lowest BCUT2D eigenvalue weighted by atomic mass is 9.75. The number of aliphatic hydroxyl groups is 1. The summed E-state index contributed by atoms with van der Waals surface area (Å²) in [5.41, 5.74) is 2.72. The Kier molecular flexibility index (Phi) is 6.61. The molecule has 1 N–H and O–H groups in total. The molecular weight excluding hydrogens is 304 g/mol. The van der Waals surface area contributed by atoms with Crippen molar-refractivity contribution in [2.45, 2.75) is 102 Å². The largest absolute Gasteiger partial charge is 0.390 e. The molecule has 2 aliphatic carbocycles. The van der Waals surface area contributed by atoms with Crippen molar-refractivity contribution in [1.29, 1.82) is 0 Å². The van der Waals surface area contributed by atoms with Gasteiger partial charge in [-0.05, 0) is 99.5 Å². The molecular formula is C24H38O. The summed E-state index contributed by atoms with van der Waals surface area (Å²) in [7, 11) is 0. The maximum Gasteiger partial charge on any atom is 0.0645 e. The van der Waals surface area contributed by atoms with Gasteiger partial charge < -0.3 is 5.11 Å². The normalized spacial score (nSPS) is 33.3. The zero-order chi connectivity index (χ0) is 17.7. The predicted octanol–water partition coefficient (Wildman–Crippen LogP) is 6.63. The average molecular weight is 343 g/mol. The summed E-state index contributed by atoms with van der Waals surface area (Å²) < 4.78 is 0. The fourth-order valence-electron chi connectivity index (χ4n) is 5.09. The van der Waals surface area contributed by atoms with Crippen molar-refractivity contribution in [3.63, 3.8) is 0 Å². The van der Waals surface area contributed by atoms with Crippen molar-refractivity contribution in [1.82, 2.24) is 0 Å². The van der Waals surface area contributed by atoms with Gasteiger partial charge in [0.2, 0.25) is 0 Å². The maximum absolute atomic E-state index is 10.4. The molecule has 25 heavy (non-hydrogen) atoms. The Hall–Kier alpha value is -0.820. The van der Waals surface area contributed by atoms with Gasteiger partial charge >= 0.3 is 0 Å². The Morgan fingerprint density at radius 3 is 2.08 bits per heavy atom. The third-order valence-electron chi connectivity index (χ3n) is 7.41. The predicted molar refractivity (Wildman–Crippen MR) is 107 cm³/mol. The number of aryl methyl sites for hydroxylation is 1. The van der Waals surface area contributed by atoms with Gasteiger partial charge in [-0.25, -0.2) is 0 Å². The van der Waals surface area contributed by atoms with E-state index in [1.54, 1.807) is 5.56 Å². The highest BCUT2D eigenvalue weighted by Gasteiger charge is 2.31. The second-order valence-electron chi connectivity index (χ2n) is 8.93. The molecule has 0 amide bonds. The molecule has 1 nitrogen and oxygen atoms in total. The highest BCUT2D eigenvalue weighted by atomic mass is 16.3. The van der Waals surface area contributed by atoms with Crippen molar-refractivity contribution in [2.75, 3.05) is 0 Å². The minimum atomic E-state index is -0.352. The Labute approximate surface area is 155 Å². The molecule has 0 heterocycles. The molecule has 0 spiro atoms. The molecule has 0 radical (unpaired) electrons. The lowest BCUT2D eigenvalue weighted by Gasteiger charge is -2.35. The van der Waals surface area contributed by atoms with Crippen LogP contribution in [0.1, 0.15) is 102 Å². The van der Waals surface area contributed by atoms with Gasteiger partial charge in [-0.3, -0.25) is 0 Å². The van der Waals surface area contributed by atoms with E-state index in [1.807, 2.05) is 0 Å². The van der Waals surface area contributed by atoms with Crippen molar-refractivity contribution < 1.29 is 5.11 Å². The van der Waals surface area contributed by atoms with Gasteiger partial charge in [-0.15, -0.1) is 0 Å². The van der Waals surface area contributed by atoms with Crippen molar-refractivity contribution >= 4 is 0 Å². The van der Waals surface area contributed by atoms with Gasteiger partial charge in [0, 0.05) is 0 Å². The van der Waals surface area contributed by atoms with Gasteiger partial charge in [-0.1, -0.05) is 44.5 Å². The lowest BCUT2D eigenvalue weighted by Crippen LogP contribution is -2.33. The number of hydrogen-bond donors (Lipinski definition) is 1. The average Bonchev–Trinajstić information content (AvgIpc) is 2.68. The molecule has 1 aromatic rings. The summed E-state index contributed by atoms with van der Waals surface area (Å²) in [4.78, 5) is 0. The van der Waals surface area contributed by atoms with E-state index in [-0.39, 0.29) is 5.60 Å². The molecule has 0 saturated heterocycles. The molecule has 2 aliphatic rings. The van der Waals surface area contributed by atoms with Crippen LogP contribution in [0.15, 0.2) is 24.3 Å². The Bertz CT molecular complexity index is 501. The molecule has 0 bridgehead atoms. The standard InChI is InChI=1S/C24H38O/c1-3-19-7-11-22(12-8-19)23-13-9-20(10-14-23)5-6-21-15-17-24(25,4-2)18-16-21/h9-10,13-14,19,21-22,25H,3-8,11-12,15-18H2,1-2H3. The van der Waals surface area contributed by atoms with E-state index in [0.29, 0.717) is 0 Å². The summed E-state index contributed by atoms with van der Waals surface area (Å²) in [5.74, 6) is 2.61. The topological polar surface area (TPSA) is 20.2 Å². The molecule has 3 rings (SSSR count). The van der Waals surface area contributed by atoms with Crippen LogP contribution in [0.5, 0.6) is 0 Å². The van der Waals surface area contributed by atoms with Crippen LogP contribution in [0.25, 0.3) is 0 Å². The molecule has 0 aliphatic heterocycles. The Morgan fingerprint density at radius 2 is 1.52 bits per heavy atom. The second kappa shape index (κ2) is 8.71. The summed E-state index contributed by atoms with van der Waals surface area (Å²) in [6.07, 6.45) is 14.8. The van der Waals surface area contributed by atoms with Crippen LogP contribution in [-0.2, 0) is 6.42 Å². The van der Waals surface area contributed by atoms with E-state index in [1.165, 1.54) is 63.4 Å². The third-order valence-corrected chi connectivity index (χ3v) is 7.41. The van der Waals surface area contributed by atoms with Crippen molar-refractivity contribution in [3.8, 4) is 0 Å². The van der Waals surface area contributed by atoms with Crippen molar-refractivity contribution in [3.05, 3.63) is 35.4 Å². The number of benzene rings is 1. The van der Waals surface area contributed by atoms with Gasteiger partial charge in [-0.2, -0.15) is 0 Å². The summed E-state index contributed by atoms with van der Waals surface area (Å²) >= 11 is 0. The molecule has 140 valence electrons. The van der Waals surface area contributed by atoms with Crippen LogP contribution >= 0.6 is 0 Å². The van der Waals surface area contributed by atoms with Gasteiger partial charge in [0.15, 0.2) is 0 Å². The fourth-order valence-corrected chi connectivity index (χ4v) is 5.09. The lowest BCUT2D eigenvalue weighted by molar-refractivity contribution is -0.0133. The van der Waals surface area contributed by atoms with E-state index in [2.05, 4.69) is 38.1 Å². The summed E-state index contributed by atoms with van der Waals surface area (Å²) in [6, 6.07) is 9.57. The van der Waals surface area contributed by atoms with Gasteiger partial charge in [0.25, 0.3) is 0 Å². The molecule has 2 saturated carbocycles. The van der Waals surface area contributed by atoms with E-state index < -0.39 is 0 Å². The molecule has 0 unspecified atom stereocenters. The van der Waals surface area contributed by atoms with Gasteiger partial charge in [0.05, 0.1) is 5.60 Å². The van der Waals surface area contributed by atoms with E-state index in [4.69, 9.17) is 0 Å². The van der Waals surface area contributed by atoms with Crippen LogP contribution in [0.2, 0.25) is 0 Å². The maximum atomic E-state index is 10.4. The van der Waals surface area contributed by atoms with E-state index >= 15 is 0 Å². The zero-order valence-corrected chi connectivity index (χ0v) is 16.5. The van der Waals surface area contributed by atoms with Crippen LogP contribution in [0.3, 0.4) is 0 Å². The first-order valence-corrected chi connectivity index (χ1v) is 10.9. The third kappa shape index (κ3) is 5.09. The Morgan fingerprint density at radius 1 is 0.880 bits per heavy atom. The molecule has 2 fully saturated rings. The quantitative estimate of drug-likeness (QED) is 0.615. The van der Waals surface area contributed by atoms with Crippen LogP contribution in [0.4, 0.5) is 0 Å². The minimum absolute atomic E-state index is 0.352. The molecule has 0 atom stereocenters. The monoisotopic (exact) mass is 342 g/mol. The fraction of sp³-hybridized carbons (Fsp3) is 0.750. The minimum Gasteiger partial charge on any atom is -0.390 e. The first-order valence-electron chi connectivity index (χ1n) is 10.9. The summed E-state index contributed by atoms with van der Waals surface area (Å²) in [5, 5.41) is 10.4. The van der Waals surface area contributed by atoms with Crippen LogP contribution in [0, 0.1) is 11.8 Å². The molecule has 1 heteroatoms. The zero-order valence-electron chi connectivity index (χ0n) is 16.5. The number of rotatable bonds is 6. The Balaban J connectivity index is 1.44. The summed E-state index contributed by atoms with van der Waals surface area (Å²) in [6.45, 7) is 4.46. The van der Waals surface area contributed by atoms with Gasteiger partial charge in [0.1, 0.15) is 0 Å². The van der Waals surface area contributed by atoms with Crippen LogP contribution in [-0.4, -0.2) is 10.7 Å². The molecule has 0 aromatic heterocycles. The van der Waals surface area contributed by atoms with E-state index in [9.17, 15) is 5.11 Å². The smallest absolute Gasteiger partial charge is 0.0645 e. The number of hydrogen-bond acceptors (Lipinski definition) is 1. The highest BCUT2D eigenvalue weighted by Crippen LogP contribution is 2.38. The highest BCUT2D eigenvalue weighted by molar-refractivity contribution is 5.26. The van der Waals surface area contributed by atoms with E-state index in [0.717, 1.165) is 37.0 Å². The van der Waals surface area contributed by atoms with Crippen LogP contribution < -0.4 is 0 Å². The van der Waals surface area contributed by atoms with Crippen molar-refractivity contribution in [2.24, 2.45) is 11.8 Å². The SMILES string of the molecule is CCC1CCC(c2ccc(CCC3CCC(O)(CC)CC3)cc2)CC1. The second-order valence-corrected chi connectivity index (χ2v) is 8.93. The molecule has 1 aromatic carbocycles.